The molecule has 4 saturated carbocycles. The van der Waals surface area contributed by atoms with Crippen LogP contribution in [0.2, 0.25) is 0 Å². The van der Waals surface area contributed by atoms with Crippen LogP contribution in [0, 0.1) is 47.3 Å². The maximum atomic E-state index is 15.2. The Balaban J connectivity index is 1.17. The summed E-state index contributed by atoms with van der Waals surface area (Å²) in [7, 11) is 0. The summed E-state index contributed by atoms with van der Waals surface area (Å²) in [6.45, 7) is 4.44. The summed E-state index contributed by atoms with van der Waals surface area (Å²) in [5, 5.41) is 0. The average Bonchev–Trinajstić information content (AvgIpc) is 2.81. The van der Waals surface area contributed by atoms with Crippen LogP contribution in [0.3, 0.4) is 0 Å². The highest BCUT2D eigenvalue weighted by Gasteiger charge is 2.44. The molecule has 0 aromatic rings. The fourth-order valence-electron chi connectivity index (χ4n) is 8.55. The molecule has 0 aromatic carbocycles. The van der Waals surface area contributed by atoms with Crippen LogP contribution in [0.5, 0.6) is 0 Å². The molecule has 0 N–H and O–H groups in total. The normalized spacial score (nSPS) is 47.4. The second-order valence-corrected chi connectivity index (χ2v) is 12.9. The van der Waals surface area contributed by atoms with Crippen molar-refractivity contribution in [1.82, 2.24) is 0 Å². The first kappa shape index (κ1) is 25.9. The highest BCUT2D eigenvalue weighted by atomic mass is 19.2. The van der Waals surface area contributed by atoms with Crippen molar-refractivity contribution < 1.29 is 13.2 Å². The molecule has 0 aliphatic heterocycles. The van der Waals surface area contributed by atoms with E-state index in [0.29, 0.717) is 23.7 Å². The second-order valence-electron chi connectivity index (χ2n) is 12.9. The average molecular weight is 469 g/mol. The molecule has 3 heteroatoms. The van der Waals surface area contributed by atoms with Gasteiger partial charge in [0, 0.05) is 0 Å². The third-order valence-electron chi connectivity index (χ3n) is 10.8. The molecule has 192 valence electrons. The summed E-state index contributed by atoms with van der Waals surface area (Å²) in [6.07, 6.45) is 15.6. The van der Waals surface area contributed by atoms with Gasteiger partial charge in [0.2, 0.25) is 0 Å². The van der Waals surface area contributed by atoms with Crippen molar-refractivity contribution in [3.63, 3.8) is 0 Å². The lowest BCUT2D eigenvalue weighted by Crippen LogP contribution is -2.42. The molecular weight excluding hydrogens is 417 g/mol. The van der Waals surface area contributed by atoms with Crippen molar-refractivity contribution in [3.8, 4) is 0 Å². The van der Waals surface area contributed by atoms with E-state index in [1.54, 1.807) is 0 Å². The zero-order chi connectivity index (χ0) is 23.4. The second kappa shape index (κ2) is 12.2. The Morgan fingerprint density at radius 3 is 1.76 bits per heavy atom. The van der Waals surface area contributed by atoms with Crippen LogP contribution >= 0.6 is 0 Å². The predicted molar refractivity (Wildman–Crippen MR) is 132 cm³/mol. The van der Waals surface area contributed by atoms with Gasteiger partial charge < -0.3 is 0 Å². The van der Waals surface area contributed by atoms with Crippen LogP contribution in [0.25, 0.3) is 0 Å². The van der Waals surface area contributed by atoms with Crippen molar-refractivity contribution in [2.75, 3.05) is 0 Å². The summed E-state index contributed by atoms with van der Waals surface area (Å²) >= 11 is 0. The van der Waals surface area contributed by atoms with Gasteiger partial charge in [-0.05, 0) is 105 Å². The van der Waals surface area contributed by atoms with E-state index >= 15 is 8.78 Å². The molecule has 7 atom stereocenters. The Labute approximate surface area is 202 Å². The van der Waals surface area contributed by atoms with Gasteiger partial charge in [-0.25, -0.2) is 13.2 Å². The minimum Gasteiger partial charge on any atom is -0.247 e. The van der Waals surface area contributed by atoms with E-state index in [-0.39, 0.29) is 17.8 Å². The van der Waals surface area contributed by atoms with Crippen LogP contribution in [0.15, 0.2) is 0 Å². The van der Waals surface area contributed by atoms with Crippen LogP contribution in [0.1, 0.15) is 123 Å². The molecule has 0 saturated heterocycles. The highest BCUT2D eigenvalue weighted by Crippen LogP contribution is 2.47. The smallest absolute Gasteiger partial charge is 0.134 e. The van der Waals surface area contributed by atoms with E-state index in [9.17, 15) is 4.39 Å². The maximum absolute atomic E-state index is 15.2. The fraction of sp³-hybridized carbons (Fsp3) is 1.00. The molecule has 4 aliphatic carbocycles. The Kier molecular flexibility index (Phi) is 9.53. The summed E-state index contributed by atoms with van der Waals surface area (Å²) in [4.78, 5) is 0. The lowest BCUT2D eigenvalue weighted by atomic mass is 9.66. The first-order valence-electron chi connectivity index (χ1n) is 14.9. The molecule has 0 radical (unpaired) electrons. The molecule has 33 heavy (non-hydrogen) atoms. The summed E-state index contributed by atoms with van der Waals surface area (Å²) in [6, 6.07) is 0. The summed E-state index contributed by atoms with van der Waals surface area (Å²) in [5.74, 6) is 3.21. The first-order valence-corrected chi connectivity index (χ1v) is 14.9. The Morgan fingerprint density at radius 1 is 0.576 bits per heavy atom. The topological polar surface area (TPSA) is 0 Å². The SMILES string of the molecule is CCCC1CCC(C2CCC(CCC3CCC(C4CCC(C)C[C@@H]4F)CC3)C(F)C2F)CC1. The zero-order valence-corrected chi connectivity index (χ0v) is 21.5. The van der Waals surface area contributed by atoms with Gasteiger partial charge in [0.25, 0.3) is 0 Å². The highest BCUT2D eigenvalue weighted by molar-refractivity contribution is 4.93. The van der Waals surface area contributed by atoms with Gasteiger partial charge in [0.05, 0.1) is 0 Å². The molecular formula is C30H51F3. The number of hydrogen-bond donors (Lipinski definition) is 0. The lowest BCUT2D eigenvalue weighted by Gasteiger charge is -2.42. The molecule has 0 bridgehead atoms. The molecule has 0 nitrogen and oxygen atoms in total. The van der Waals surface area contributed by atoms with Crippen molar-refractivity contribution >= 4 is 0 Å². The third-order valence-corrected chi connectivity index (χ3v) is 10.8. The van der Waals surface area contributed by atoms with Gasteiger partial charge in [0.1, 0.15) is 18.5 Å². The molecule has 4 aliphatic rings. The van der Waals surface area contributed by atoms with Crippen molar-refractivity contribution in [3.05, 3.63) is 0 Å². The molecule has 4 rings (SSSR count). The third kappa shape index (κ3) is 6.52. The zero-order valence-electron chi connectivity index (χ0n) is 21.5. The molecule has 0 heterocycles. The van der Waals surface area contributed by atoms with Gasteiger partial charge in [-0.1, -0.05) is 65.2 Å². The van der Waals surface area contributed by atoms with Crippen molar-refractivity contribution in [1.29, 1.82) is 0 Å². The standard InChI is InChI=1S/C30H51F3/c1-3-4-21-6-13-24(14-7-21)27-18-16-25(29(32)30(27)33)15-10-22-8-11-23(12-9-22)26-17-5-20(2)19-28(26)31/h20-30H,3-19H2,1-2H3/t20?,21?,22?,23?,24?,25?,26?,27?,28-,29?,30?/m0/s1. The lowest BCUT2D eigenvalue weighted by molar-refractivity contribution is -0.0165. The molecule has 4 fully saturated rings. The van der Waals surface area contributed by atoms with Gasteiger partial charge >= 0.3 is 0 Å². The van der Waals surface area contributed by atoms with Crippen LogP contribution in [0.4, 0.5) is 13.2 Å². The first-order chi connectivity index (χ1) is 16.0. The van der Waals surface area contributed by atoms with Gasteiger partial charge in [-0.3, -0.25) is 0 Å². The molecule has 0 amide bonds. The molecule has 0 aromatic heterocycles. The largest absolute Gasteiger partial charge is 0.247 e. The van der Waals surface area contributed by atoms with Crippen LogP contribution in [-0.2, 0) is 0 Å². The van der Waals surface area contributed by atoms with E-state index in [1.807, 2.05) is 0 Å². The van der Waals surface area contributed by atoms with E-state index < -0.39 is 18.5 Å². The van der Waals surface area contributed by atoms with Crippen molar-refractivity contribution in [2.45, 2.75) is 142 Å². The fourth-order valence-corrected chi connectivity index (χ4v) is 8.55. The molecule has 6 unspecified atom stereocenters. The van der Waals surface area contributed by atoms with E-state index in [0.717, 1.165) is 70.1 Å². The minimum atomic E-state index is -1.25. The monoisotopic (exact) mass is 468 g/mol. The van der Waals surface area contributed by atoms with Crippen molar-refractivity contribution in [2.24, 2.45) is 47.3 Å². The summed E-state index contributed by atoms with van der Waals surface area (Å²) < 4.78 is 45.0. The van der Waals surface area contributed by atoms with Crippen LogP contribution < -0.4 is 0 Å². The van der Waals surface area contributed by atoms with Gasteiger partial charge in [-0.15, -0.1) is 0 Å². The van der Waals surface area contributed by atoms with E-state index in [4.69, 9.17) is 0 Å². The van der Waals surface area contributed by atoms with Gasteiger partial charge in [0.15, 0.2) is 0 Å². The quantitative estimate of drug-likeness (QED) is 0.349. The van der Waals surface area contributed by atoms with Gasteiger partial charge in [-0.2, -0.15) is 0 Å². The number of rotatable bonds is 7. The molecule has 0 spiro atoms. The minimum absolute atomic E-state index is 0.0267. The predicted octanol–water partition coefficient (Wildman–Crippen LogP) is 9.66. The van der Waals surface area contributed by atoms with E-state index in [1.165, 1.54) is 44.9 Å². The van der Waals surface area contributed by atoms with E-state index in [2.05, 4.69) is 13.8 Å². The Bertz CT molecular complexity index is 563. The number of halogens is 3. The Hall–Kier alpha value is -0.210. The van der Waals surface area contributed by atoms with Crippen LogP contribution in [-0.4, -0.2) is 18.5 Å². The maximum Gasteiger partial charge on any atom is 0.134 e. The summed E-state index contributed by atoms with van der Waals surface area (Å²) in [5.41, 5.74) is 0. The number of alkyl halides is 3. The number of hydrogen-bond acceptors (Lipinski definition) is 0. The Morgan fingerprint density at radius 2 is 1.15 bits per heavy atom.